The molecule has 0 aliphatic rings. The summed E-state index contributed by atoms with van der Waals surface area (Å²) in [5.41, 5.74) is 3.13. The molecule has 100 valence electrons. The Kier molecular flexibility index (Phi) is 3.20. The number of nitrogens with one attached hydrogen (secondary N) is 2. The normalized spacial score (nSPS) is 11.5. The van der Waals surface area contributed by atoms with Gasteiger partial charge in [-0.2, -0.15) is 0 Å². The third kappa shape index (κ3) is 2.01. The van der Waals surface area contributed by atoms with Gasteiger partial charge in [-0.25, -0.2) is 4.98 Å². The average molecular weight is 323 g/mol. The Bertz CT molecular complexity index is 731. The predicted molar refractivity (Wildman–Crippen MR) is 78.9 cm³/mol. The van der Waals surface area contributed by atoms with E-state index in [1.165, 1.54) is 0 Å². The fourth-order valence-electron chi connectivity index (χ4n) is 2.20. The highest BCUT2D eigenvalue weighted by atomic mass is 79.9. The maximum Gasteiger partial charge on any atom is 0.213 e. The molecule has 0 unspecified atom stereocenters. The highest BCUT2D eigenvalue weighted by molar-refractivity contribution is 9.10. The van der Waals surface area contributed by atoms with Gasteiger partial charge >= 0.3 is 0 Å². The van der Waals surface area contributed by atoms with Crippen molar-refractivity contribution >= 4 is 32.7 Å². The molecular weight excluding hydrogens is 308 g/mol. The molecule has 0 spiro atoms. The van der Waals surface area contributed by atoms with E-state index >= 15 is 0 Å². The van der Waals surface area contributed by atoms with Gasteiger partial charge in [0.05, 0.1) is 23.8 Å². The molecule has 2 N–H and O–H groups in total. The van der Waals surface area contributed by atoms with E-state index in [1.54, 1.807) is 7.11 Å². The van der Waals surface area contributed by atoms with Crippen molar-refractivity contribution in [1.29, 1.82) is 0 Å². The summed E-state index contributed by atoms with van der Waals surface area (Å²) in [4.78, 5) is 7.93. The van der Waals surface area contributed by atoms with Gasteiger partial charge < -0.3 is 15.0 Å². The number of ether oxygens (including phenoxy) is 1. The summed E-state index contributed by atoms with van der Waals surface area (Å²) in [6.45, 7) is 0.920. The average Bonchev–Trinajstić information content (AvgIpc) is 2.93. The van der Waals surface area contributed by atoms with Gasteiger partial charge in [-0.15, -0.1) is 0 Å². The second kappa shape index (κ2) is 4.86. The summed E-state index contributed by atoms with van der Waals surface area (Å²) in [6.07, 6.45) is 0.923. The first-order valence-electron chi connectivity index (χ1n) is 6.11. The number of aromatic amines is 1. The number of likely N-dealkylation sites (N-methyl/N-ethyl adjacent to an activating group) is 1. The number of fused-ring (bicyclic) bond motifs is 3. The summed E-state index contributed by atoms with van der Waals surface area (Å²) >= 11 is 3.65. The van der Waals surface area contributed by atoms with Crippen LogP contribution >= 0.6 is 15.9 Å². The predicted octanol–water partition coefficient (Wildman–Crippen LogP) is 2.35. The lowest BCUT2D eigenvalue weighted by atomic mass is 10.3. The van der Waals surface area contributed by atoms with Crippen LogP contribution in [0.25, 0.3) is 16.8 Å². The van der Waals surface area contributed by atoms with E-state index in [4.69, 9.17) is 4.74 Å². The first-order valence-corrected chi connectivity index (χ1v) is 6.91. The van der Waals surface area contributed by atoms with Crippen molar-refractivity contribution in [3.63, 3.8) is 0 Å². The standard InChI is InChI=1S/C13H15BrN4O/c1-15-6-5-10-12(14)18-11-7-8(19-2)3-4-9(11)16-13(18)17-10/h3-4,7,15H,5-6H2,1-2H3,(H,16,17). The fraction of sp³-hybridized carbons (Fsp3) is 0.308. The van der Waals surface area contributed by atoms with Crippen LogP contribution < -0.4 is 10.1 Å². The molecule has 0 fully saturated rings. The van der Waals surface area contributed by atoms with Crippen LogP contribution in [-0.4, -0.2) is 35.1 Å². The molecule has 2 aromatic heterocycles. The number of aromatic nitrogens is 3. The molecule has 0 atom stereocenters. The molecule has 2 heterocycles. The topological polar surface area (TPSA) is 54.3 Å². The van der Waals surface area contributed by atoms with Crippen LogP contribution in [0.1, 0.15) is 5.69 Å². The second-order valence-electron chi connectivity index (χ2n) is 4.37. The molecule has 0 saturated carbocycles. The summed E-state index contributed by atoms with van der Waals surface area (Å²) in [7, 11) is 3.62. The van der Waals surface area contributed by atoms with Crippen molar-refractivity contribution in [3.8, 4) is 5.75 Å². The number of nitrogens with zero attached hydrogens (tertiary/aromatic N) is 2. The number of hydrogen-bond acceptors (Lipinski definition) is 3. The lowest BCUT2D eigenvalue weighted by Crippen LogP contribution is -2.10. The van der Waals surface area contributed by atoms with Crippen LogP contribution in [-0.2, 0) is 6.42 Å². The molecule has 6 heteroatoms. The number of benzene rings is 1. The van der Waals surface area contributed by atoms with E-state index < -0.39 is 0 Å². The minimum atomic E-state index is 0.833. The molecule has 19 heavy (non-hydrogen) atoms. The van der Waals surface area contributed by atoms with Crippen LogP contribution in [0.2, 0.25) is 0 Å². The van der Waals surface area contributed by atoms with Crippen LogP contribution in [0.3, 0.4) is 0 Å². The van der Waals surface area contributed by atoms with E-state index in [0.29, 0.717) is 0 Å². The Labute approximate surface area is 119 Å². The number of imidazole rings is 2. The van der Waals surface area contributed by atoms with Gasteiger partial charge in [0.15, 0.2) is 0 Å². The zero-order valence-electron chi connectivity index (χ0n) is 10.8. The van der Waals surface area contributed by atoms with Crippen LogP contribution in [0, 0.1) is 0 Å². The van der Waals surface area contributed by atoms with Crippen molar-refractivity contribution in [1.82, 2.24) is 19.7 Å². The molecule has 0 saturated heterocycles. The molecule has 5 nitrogen and oxygen atoms in total. The first-order chi connectivity index (χ1) is 9.24. The number of halogens is 1. The monoisotopic (exact) mass is 322 g/mol. The third-order valence-electron chi connectivity index (χ3n) is 3.19. The largest absolute Gasteiger partial charge is 0.497 e. The third-order valence-corrected chi connectivity index (χ3v) is 4.03. The zero-order chi connectivity index (χ0) is 13.4. The summed E-state index contributed by atoms with van der Waals surface area (Å²) in [6, 6.07) is 5.88. The van der Waals surface area contributed by atoms with Gasteiger partial charge in [0.2, 0.25) is 5.78 Å². The van der Waals surface area contributed by atoms with E-state index in [0.717, 1.165) is 45.8 Å². The van der Waals surface area contributed by atoms with E-state index in [1.807, 2.05) is 25.2 Å². The smallest absolute Gasteiger partial charge is 0.213 e. The van der Waals surface area contributed by atoms with E-state index in [2.05, 4.69) is 35.6 Å². The molecule has 3 aromatic rings. The second-order valence-corrected chi connectivity index (χ2v) is 5.12. The SMILES string of the molecule is CNCCc1[nH]c2nc3ccc(OC)cc3n2c1Br. The summed E-state index contributed by atoms with van der Waals surface area (Å²) in [5.74, 6) is 1.68. The Morgan fingerprint density at radius 1 is 1.47 bits per heavy atom. The maximum absolute atomic E-state index is 5.28. The Morgan fingerprint density at radius 2 is 2.32 bits per heavy atom. The zero-order valence-corrected chi connectivity index (χ0v) is 12.4. The quantitative estimate of drug-likeness (QED) is 0.775. The molecule has 0 radical (unpaired) electrons. The van der Waals surface area contributed by atoms with Crippen molar-refractivity contribution in [3.05, 3.63) is 28.5 Å². The molecule has 0 aliphatic carbocycles. The molecule has 3 rings (SSSR count). The molecule has 1 aromatic carbocycles. The van der Waals surface area contributed by atoms with Gasteiger partial charge in [-0.1, -0.05) is 0 Å². The maximum atomic E-state index is 5.28. The highest BCUT2D eigenvalue weighted by Crippen LogP contribution is 2.27. The molecule has 0 aliphatic heterocycles. The van der Waals surface area contributed by atoms with Crippen LogP contribution in [0.4, 0.5) is 0 Å². The van der Waals surface area contributed by atoms with E-state index in [-0.39, 0.29) is 0 Å². The van der Waals surface area contributed by atoms with Gasteiger partial charge in [0.1, 0.15) is 10.4 Å². The number of methoxy groups -OCH3 is 1. The van der Waals surface area contributed by atoms with Crippen molar-refractivity contribution in [2.45, 2.75) is 6.42 Å². The van der Waals surface area contributed by atoms with Gasteiger partial charge in [0, 0.05) is 19.0 Å². The summed E-state index contributed by atoms with van der Waals surface area (Å²) < 4.78 is 8.37. The van der Waals surface area contributed by atoms with Crippen molar-refractivity contribution < 1.29 is 4.74 Å². The van der Waals surface area contributed by atoms with Gasteiger partial charge in [0.25, 0.3) is 0 Å². The van der Waals surface area contributed by atoms with Gasteiger partial charge in [-0.3, -0.25) is 4.40 Å². The minimum absolute atomic E-state index is 0.833. The molecule has 0 bridgehead atoms. The Hall–Kier alpha value is -1.53. The molecule has 0 amide bonds. The van der Waals surface area contributed by atoms with Crippen molar-refractivity contribution in [2.75, 3.05) is 20.7 Å². The van der Waals surface area contributed by atoms with Crippen LogP contribution in [0.5, 0.6) is 5.75 Å². The lowest BCUT2D eigenvalue weighted by molar-refractivity contribution is 0.415. The number of H-pyrrole nitrogens is 1. The Balaban J connectivity index is 2.19. The fourth-order valence-corrected chi connectivity index (χ4v) is 2.86. The Morgan fingerprint density at radius 3 is 3.05 bits per heavy atom. The van der Waals surface area contributed by atoms with Crippen LogP contribution in [0.15, 0.2) is 22.8 Å². The van der Waals surface area contributed by atoms with E-state index in [9.17, 15) is 0 Å². The van der Waals surface area contributed by atoms with Gasteiger partial charge in [-0.05, 0) is 35.1 Å². The number of rotatable bonds is 4. The summed E-state index contributed by atoms with van der Waals surface area (Å²) in [5, 5.41) is 3.14. The van der Waals surface area contributed by atoms with Crippen molar-refractivity contribution in [2.24, 2.45) is 0 Å². The lowest BCUT2D eigenvalue weighted by Gasteiger charge is -2.00. The first kappa shape index (κ1) is 12.5. The highest BCUT2D eigenvalue weighted by Gasteiger charge is 2.14. The number of hydrogen-bond donors (Lipinski definition) is 2. The molecular formula is C13H15BrN4O. The minimum Gasteiger partial charge on any atom is -0.497 e.